The Morgan fingerprint density at radius 1 is 1.52 bits per heavy atom. The maximum absolute atomic E-state index is 11.6. The van der Waals surface area contributed by atoms with Gasteiger partial charge in [0.05, 0.1) is 11.5 Å². The van der Waals surface area contributed by atoms with Gasteiger partial charge in [0.25, 0.3) is 0 Å². The lowest BCUT2D eigenvalue weighted by molar-refractivity contribution is -0.386. The van der Waals surface area contributed by atoms with Crippen LogP contribution in [0.2, 0.25) is 0 Å². The van der Waals surface area contributed by atoms with E-state index in [4.69, 9.17) is 5.73 Å². The standard InChI is InChI=1S/C12H21N5O3.ClH/c1-8(6-13)7-14-11(18)4-5-16-10(3)12(17(19)20)9(2)15-16;/h8H,4-7,13H2,1-3H3,(H,14,18);1H. The van der Waals surface area contributed by atoms with E-state index >= 15 is 0 Å². The fourth-order valence-electron chi connectivity index (χ4n) is 1.84. The molecule has 120 valence electrons. The average Bonchev–Trinajstić information content (AvgIpc) is 2.68. The highest BCUT2D eigenvalue weighted by molar-refractivity contribution is 5.85. The van der Waals surface area contributed by atoms with E-state index in [1.54, 1.807) is 13.8 Å². The Hall–Kier alpha value is -1.67. The summed E-state index contributed by atoms with van der Waals surface area (Å²) in [7, 11) is 0. The van der Waals surface area contributed by atoms with Crippen molar-refractivity contribution in [3.05, 3.63) is 21.5 Å². The Bertz CT molecular complexity index is 503. The van der Waals surface area contributed by atoms with E-state index in [0.717, 1.165) is 0 Å². The summed E-state index contributed by atoms with van der Waals surface area (Å²) in [6.07, 6.45) is 0.233. The normalized spacial score (nSPS) is 11.6. The lowest BCUT2D eigenvalue weighted by Gasteiger charge is -2.10. The summed E-state index contributed by atoms with van der Waals surface area (Å²) in [5, 5.41) is 17.7. The van der Waals surface area contributed by atoms with Crippen molar-refractivity contribution in [1.82, 2.24) is 15.1 Å². The molecule has 0 radical (unpaired) electrons. The van der Waals surface area contributed by atoms with Gasteiger partial charge in [0, 0.05) is 13.0 Å². The zero-order valence-electron chi connectivity index (χ0n) is 12.5. The molecule has 1 heterocycles. The summed E-state index contributed by atoms with van der Waals surface area (Å²) >= 11 is 0. The maximum atomic E-state index is 11.6. The van der Waals surface area contributed by atoms with Gasteiger partial charge in [-0.25, -0.2) is 0 Å². The summed E-state index contributed by atoms with van der Waals surface area (Å²) < 4.78 is 1.50. The number of hydrogen-bond acceptors (Lipinski definition) is 5. The lowest BCUT2D eigenvalue weighted by atomic mass is 10.2. The number of aromatic nitrogens is 2. The number of halogens is 1. The number of nitrogens with zero attached hydrogens (tertiary/aromatic N) is 3. The molecule has 21 heavy (non-hydrogen) atoms. The van der Waals surface area contributed by atoms with Crippen molar-refractivity contribution >= 4 is 24.0 Å². The monoisotopic (exact) mass is 319 g/mol. The quantitative estimate of drug-likeness (QED) is 0.573. The molecule has 0 aliphatic rings. The van der Waals surface area contributed by atoms with Crippen LogP contribution >= 0.6 is 12.4 Å². The Labute approximate surface area is 129 Å². The lowest BCUT2D eigenvalue weighted by Crippen LogP contribution is -2.31. The molecule has 0 aromatic carbocycles. The molecule has 1 amide bonds. The number of nitro groups is 1. The molecule has 1 aromatic rings. The van der Waals surface area contributed by atoms with Crippen LogP contribution in [0.1, 0.15) is 24.7 Å². The van der Waals surface area contributed by atoms with E-state index in [1.165, 1.54) is 4.68 Å². The van der Waals surface area contributed by atoms with E-state index in [2.05, 4.69) is 10.4 Å². The highest BCUT2D eigenvalue weighted by Crippen LogP contribution is 2.21. The zero-order chi connectivity index (χ0) is 15.3. The van der Waals surface area contributed by atoms with Crippen molar-refractivity contribution in [2.45, 2.75) is 33.7 Å². The third-order valence-electron chi connectivity index (χ3n) is 3.13. The van der Waals surface area contributed by atoms with Crippen LogP contribution in [-0.4, -0.2) is 33.7 Å². The first-order valence-electron chi connectivity index (χ1n) is 6.52. The summed E-state index contributed by atoms with van der Waals surface area (Å²) in [5.74, 6) is 0.120. The number of aryl methyl sites for hydroxylation is 2. The van der Waals surface area contributed by atoms with E-state index < -0.39 is 4.92 Å². The molecule has 1 aromatic heterocycles. The third-order valence-corrected chi connectivity index (χ3v) is 3.13. The van der Waals surface area contributed by atoms with Crippen LogP contribution in [0.5, 0.6) is 0 Å². The number of amides is 1. The Kier molecular flexibility index (Phi) is 7.90. The molecule has 0 aliphatic heterocycles. The van der Waals surface area contributed by atoms with Crippen molar-refractivity contribution < 1.29 is 9.72 Å². The number of hydrogen-bond donors (Lipinski definition) is 2. The Morgan fingerprint density at radius 2 is 2.14 bits per heavy atom. The molecule has 0 saturated carbocycles. The van der Waals surface area contributed by atoms with Crippen molar-refractivity contribution in [3.63, 3.8) is 0 Å². The molecule has 1 rings (SSSR count). The van der Waals surface area contributed by atoms with Crippen LogP contribution in [0.25, 0.3) is 0 Å². The molecule has 0 spiro atoms. The van der Waals surface area contributed by atoms with Crippen molar-refractivity contribution in [1.29, 1.82) is 0 Å². The van der Waals surface area contributed by atoms with Gasteiger partial charge in [-0.15, -0.1) is 12.4 Å². The maximum Gasteiger partial charge on any atom is 0.312 e. The van der Waals surface area contributed by atoms with Gasteiger partial charge in [0.2, 0.25) is 5.91 Å². The molecular weight excluding hydrogens is 298 g/mol. The second-order valence-electron chi connectivity index (χ2n) is 4.89. The fourth-order valence-corrected chi connectivity index (χ4v) is 1.84. The molecule has 0 aliphatic carbocycles. The number of rotatable bonds is 7. The summed E-state index contributed by atoms with van der Waals surface area (Å²) in [5.41, 5.74) is 6.31. The molecule has 0 saturated heterocycles. The van der Waals surface area contributed by atoms with Gasteiger partial charge in [0.15, 0.2) is 0 Å². The summed E-state index contributed by atoms with van der Waals surface area (Å²) in [6.45, 7) is 6.54. The molecule has 0 fully saturated rings. The van der Waals surface area contributed by atoms with Gasteiger partial charge in [-0.05, 0) is 26.3 Å². The Balaban J connectivity index is 0.00000400. The van der Waals surface area contributed by atoms with Gasteiger partial charge in [-0.3, -0.25) is 19.6 Å². The molecular formula is C12H22ClN5O3. The molecule has 1 unspecified atom stereocenters. The van der Waals surface area contributed by atoms with Gasteiger partial charge < -0.3 is 11.1 Å². The summed E-state index contributed by atoms with van der Waals surface area (Å²) in [6, 6.07) is 0. The second-order valence-corrected chi connectivity index (χ2v) is 4.89. The molecule has 9 heteroatoms. The van der Waals surface area contributed by atoms with Gasteiger partial charge in [0.1, 0.15) is 11.4 Å². The minimum absolute atomic E-state index is 0. The topological polar surface area (TPSA) is 116 Å². The van der Waals surface area contributed by atoms with E-state index in [-0.39, 0.29) is 36.3 Å². The molecule has 1 atom stereocenters. The van der Waals surface area contributed by atoms with Crippen molar-refractivity contribution in [3.8, 4) is 0 Å². The minimum Gasteiger partial charge on any atom is -0.356 e. The van der Waals surface area contributed by atoms with Crippen LogP contribution < -0.4 is 11.1 Å². The molecule has 8 nitrogen and oxygen atoms in total. The number of nitrogens with one attached hydrogen (secondary N) is 1. The van der Waals surface area contributed by atoms with Crippen LogP contribution in [-0.2, 0) is 11.3 Å². The van der Waals surface area contributed by atoms with Crippen LogP contribution in [0.3, 0.4) is 0 Å². The van der Waals surface area contributed by atoms with E-state index in [1.807, 2.05) is 6.92 Å². The first-order valence-corrected chi connectivity index (χ1v) is 6.52. The fraction of sp³-hybridized carbons (Fsp3) is 0.667. The number of nitrogens with two attached hydrogens (primary N) is 1. The summed E-state index contributed by atoms with van der Waals surface area (Å²) in [4.78, 5) is 22.1. The average molecular weight is 320 g/mol. The SMILES string of the molecule is Cc1nn(CCC(=O)NCC(C)CN)c(C)c1[N+](=O)[O-].Cl. The van der Waals surface area contributed by atoms with E-state index in [9.17, 15) is 14.9 Å². The minimum atomic E-state index is -0.447. The van der Waals surface area contributed by atoms with Crippen molar-refractivity contribution in [2.24, 2.45) is 11.7 Å². The number of carbonyl (C=O) groups excluding carboxylic acids is 1. The number of carbonyl (C=O) groups is 1. The van der Waals surface area contributed by atoms with Crippen LogP contribution in [0, 0.1) is 29.9 Å². The van der Waals surface area contributed by atoms with Gasteiger partial charge in [-0.2, -0.15) is 5.10 Å². The van der Waals surface area contributed by atoms with Crippen LogP contribution in [0.15, 0.2) is 0 Å². The van der Waals surface area contributed by atoms with Crippen molar-refractivity contribution in [2.75, 3.05) is 13.1 Å². The predicted molar refractivity (Wildman–Crippen MR) is 81.4 cm³/mol. The van der Waals surface area contributed by atoms with E-state index in [0.29, 0.717) is 31.0 Å². The smallest absolute Gasteiger partial charge is 0.312 e. The Morgan fingerprint density at radius 3 is 2.62 bits per heavy atom. The second kappa shape index (κ2) is 8.58. The largest absolute Gasteiger partial charge is 0.356 e. The van der Waals surface area contributed by atoms with Gasteiger partial charge >= 0.3 is 5.69 Å². The molecule has 0 bridgehead atoms. The first-order chi connectivity index (χ1) is 9.36. The zero-order valence-corrected chi connectivity index (χ0v) is 13.3. The van der Waals surface area contributed by atoms with Crippen LogP contribution in [0.4, 0.5) is 5.69 Å². The predicted octanol–water partition coefficient (Wildman–Crippen LogP) is 0.931. The highest BCUT2D eigenvalue weighted by Gasteiger charge is 2.21. The molecule has 3 N–H and O–H groups in total. The third kappa shape index (κ3) is 5.31. The highest BCUT2D eigenvalue weighted by atomic mass is 35.5. The van der Waals surface area contributed by atoms with Gasteiger partial charge in [-0.1, -0.05) is 6.92 Å². The first kappa shape index (κ1) is 19.3.